The Labute approximate surface area is 152 Å². The topological polar surface area (TPSA) is 24.3 Å². The van der Waals surface area contributed by atoms with Crippen molar-refractivity contribution in [2.45, 2.75) is 31.5 Å². The number of aromatic nitrogens is 2. The summed E-state index contributed by atoms with van der Waals surface area (Å²) in [4.78, 5) is 4.19. The average Bonchev–Trinajstić information content (AvgIpc) is 3.04. The number of aryl methyl sites for hydroxylation is 1. The third-order valence-electron chi connectivity index (χ3n) is 5.28. The molecule has 1 fully saturated rings. The molecule has 1 aliphatic rings. The molecule has 1 aromatic carbocycles. The number of rotatable bonds is 5. The number of hydrogen-bond acceptors (Lipinski definition) is 3. The predicted octanol–water partition coefficient (Wildman–Crippen LogP) is 3.58. The van der Waals surface area contributed by atoms with Crippen molar-refractivity contribution in [1.29, 1.82) is 0 Å². The summed E-state index contributed by atoms with van der Waals surface area (Å²) in [5, 5.41) is 4.18. The van der Waals surface area contributed by atoms with Crippen LogP contribution in [-0.4, -0.2) is 47.4 Å². The predicted molar refractivity (Wildman–Crippen MR) is 96.2 cm³/mol. The number of nitrogens with zero attached hydrogens (tertiary/aromatic N) is 4. The second-order valence-corrected chi connectivity index (χ2v) is 6.91. The molecule has 0 N–H and O–H groups in total. The van der Waals surface area contributed by atoms with Crippen LogP contribution in [0, 0.1) is 0 Å². The van der Waals surface area contributed by atoms with Gasteiger partial charge in [-0.3, -0.25) is 4.68 Å². The van der Waals surface area contributed by atoms with Crippen LogP contribution in [0.5, 0.6) is 0 Å². The van der Waals surface area contributed by atoms with Crippen LogP contribution in [0.2, 0.25) is 0 Å². The van der Waals surface area contributed by atoms with Gasteiger partial charge in [0.2, 0.25) is 0 Å². The molecule has 1 aliphatic heterocycles. The van der Waals surface area contributed by atoms with Crippen LogP contribution in [0.3, 0.4) is 0 Å². The number of hydrogen-bond donors (Lipinski definition) is 0. The second kappa shape index (κ2) is 7.70. The molecule has 2 heterocycles. The first-order chi connectivity index (χ1) is 12.4. The molecular formula is C19H25F3N4. The molecule has 0 amide bonds. The summed E-state index contributed by atoms with van der Waals surface area (Å²) >= 11 is 0. The number of piperidine rings is 1. The van der Waals surface area contributed by atoms with E-state index >= 15 is 0 Å². The van der Waals surface area contributed by atoms with Gasteiger partial charge in [0.1, 0.15) is 0 Å². The van der Waals surface area contributed by atoms with Crippen molar-refractivity contribution in [1.82, 2.24) is 14.7 Å². The fourth-order valence-corrected chi connectivity index (χ4v) is 3.66. The Bertz CT molecular complexity index is 718. The molecule has 0 bridgehead atoms. The van der Waals surface area contributed by atoms with Crippen LogP contribution in [0.15, 0.2) is 36.5 Å². The quantitative estimate of drug-likeness (QED) is 0.808. The highest BCUT2D eigenvalue weighted by atomic mass is 19.4. The first-order valence-electron chi connectivity index (χ1n) is 8.94. The molecule has 0 atom stereocenters. The standard InChI is InChI=1S/C19H25F3N4/c1-24(12-8-16-7-11-23-25(16)2)15-9-13-26(14-10-15)18-6-4-3-5-17(18)19(20,21)22/h3-7,11,15H,8-10,12-14H2,1-2H3. The van der Waals surface area contributed by atoms with E-state index in [0.717, 1.165) is 25.8 Å². The molecule has 0 unspecified atom stereocenters. The highest BCUT2D eigenvalue weighted by molar-refractivity contribution is 5.55. The van der Waals surface area contributed by atoms with E-state index in [1.807, 2.05) is 22.7 Å². The summed E-state index contributed by atoms with van der Waals surface area (Å²) in [6.07, 6.45) is 0.144. The molecule has 3 rings (SSSR count). The molecule has 7 heteroatoms. The molecule has 0 spiro atoms. The lowest BCUT2D eigenvalue weighted by atomic mass is 10.0. The van der Waals surface area contributed by atoms with Crippen molar-refractivity contribution in [2.75, 3.05) is 31.6 Å². The summed E-state index contributed by atoms with van der Waals surface area (Å²) in [5.74, 6) is 0. The lowest BCUT2D eigenvalue weighted by molar-refractivity contribution is -0.137. The Morgan fingerprint density at radius 2 is 1.85 bits per heavy atom. The van der Waals surface area contributed by atoms with E-state index in [-0.39, 0.29) is 0 Å². The minimum absolute atomic E-state index is 0.302. The zero-order valence-corrected chi connectivity index (χ0v) is 15.2. The van der Waals surface area contributed by atoms with Gasteiger partial charge in [0.15, 0.2) is 0 Å². The number of halogens is 3. The van der Waals surface area contributed by atoms with Crippen LogP contribution in [-0.2, 0) is 19.6 Å². The van der Waals surface area contributed by atoms with E-state index in [9.17, 15) is 13.2 Å². The monoisotopic (exact) mass is 366 g/mol. The second-order valence-electron chi connectivity index (χ2n) is 6.91. The van der Waals surface area contributed by atoms with Crippen molar-refractivity contribution < 1.29 is 13.2 Å². The van der Waals surface area contributed by atoms with Crippen LogP contribution >= 0.6 is 0 Å². The minimum atomic E-state index is -4.31. The van der Waals surface area contributed by atoms with Crippen molar-refractivity contribution in [3.63, 3.8) is 0 Å². The van der Waals surface area contributed by atoms with E-state index in [1.54, 1.807) is 18.3 Å². The molecule has 0 aliphatic carbocycles. The van der Waals surface area contributed by atoms with Crippen molar-refractivity contribution >= 4 is 5.69 Å². The van der Waals surface area contributed by atoms with E-state index < -0.39 is 11.7 Å². The van der Waals surface area contributed by atoms with Gasteiger partial charge < -0.3 is 9.80 Å². The summed E-state index contributed by atoms with van der Waals surface area (Å²) < 4.78 is 41.6. The Kier molecular flexibility index (Phi) is 5.55. The van der Waals surface area contributed by atoms with E-state index in [0.29, 0.717) is 24.8 Å². The Morgan fingerprint density at radius 3 is 2.46 bits per heavy atom. The highest BCUT2D eigenvalue weighted by Crippen LogP contribution is 2.37. The smallest absolute Gasteiger partial charge is 0.371 e. The maximum atomic E-state index is 13.2. The van der Waals surface area contributed by atoms with E-state index in [2.05, 4.69) is 17.0 Å². The number of anilines is 1. The normalized spacial score (nSPS) is 16.5. The maximum Gasteiger partial charge on any atom is 0.418 e. The van der Waals surface area contributed by atoms with E-state index in [1.165, 1.54) is 17.8 Å². The van der Waals surface area contributed by atoms with Gasteiger partial charge in [0.05, 0.1) is 5.56 Å². The Balaban J connectivity index is 1.57. The van der Waals surface area contributed by atoms with Crippen LogP contribution in [0.25, 0.3) is 0 Å². The fourth-order valence-electron chi connectivity index (χ4n) is 3.66. The summed E-state index contributed by atoms with van der Waals surface area (Å²) in [6, 6.07) is 8.29. The average molecular weight is 366 g/mol. The van der Waals surface area contributed by atoms with Gasteiger partial charge in [-0.2, -0.15) is 18.3 Å². The SMILES string of the molecule is CN(CCc1ccnn1C)C1CCN(c2ccccc2C(F)(F)F)CC1. The maximum absolute atomic E-state index is 13.2. The number of alkyl halides is 3. The number of benzene rings is 1. The molecule has 1 saturated heterocycles. The first kappa shape index (κ1) is 18.8. The summed E-state index contributed by atoms with van der Waals surface area (Å²) in [6.45, 7) is 2.21. The van der Waals surface area contributed by atoms with Gasteiger partial charge in [-0.25, -0.2) is 0 Å². The molecule has 1 aromatic heterocycles. The highest BCUT2D eigenvalue weighted by Gasteiger charge is 2.35. The zero-order chi connectivity index (χ0) is 18.7. The molecule has 0 radical (unpaired) electrons. The Morgan fingerprint density at radius 1 is 1.15 bits per heavy atom. The first-order valence-corrected chi connectivity index (χ1v) is 8.94. The van der Waals surface area contributed by atoms with Crippen LogP contribution in [0.1, 0.15) is 24.1 Å². The molecular weight excluding hydrogens is 341 g/mol. The molecule has 2 aromatic rings. The molecule has 0 saturated carbocycles. The Hall–Kier alpha value is -2.02. The van der Waals surface area contributed by atoms with Gasteiger partial charge in [0.25, 0.3) is 0 Å². The third kappa shape index (κ3) is 4.20. The summed E-state index contributed by atoms with van der Waals surface area (Å²) in [7, 11) is 4.03. The van der Waals surface area contributed by atoms with Gasteiger partial charge in [-0.1, -0.05) is 12.1 Å². The van der Waals surface area contributed by atoms with Gasteiger partial charge >= 0.3 is 6.18 Å². The lowest BCUT2D eigenvalue weighted by Gasteiger charge is -2.38. The van der Waals surface area contributed by atoms with E-state index in [4.69, 9.17) is 0 Å². The third-order valence-corrected chi connectivity index (χ3v) is 5.28. The minimum Gasteiger partial charge on any atom is -0.371 e. The largest absolute Gasteiger partial charge is 0.418 e. The fraction of sp³-hybridized carbons (Fsp3) is 0.526. The number of likely N-dealkylation sites (N-methyl/N-ethyl adjacent to an activating group) is 1. The van der Waals surface area contributed by atoms with Crippen LogP contribution in [0.4, 0.5) is 18.9 Å². The van der Waals surface area contributed by atoms with Crippen molar-refractivity contribution in [3.05, 3.63) is 47.8 Å². The van der Waals surface area contributed by atoms with Crippen molar-refractivity contribution in [2.24, 2.45) is 7.05 Å². The zero-order valence-electron chi connectivity index (χ0n) is 15.2. The lowest BCUT2D eigenvalue weighted by Crippen LogP contribution is -2.44. The van der Waals surface area contributed by atoms with Gasteiger partial charge in [0, 0.05) is 56.7 Å². The van der Waals surface area contributed by atoms with Gasteiger partial charge in [-0.15, -0.1) is 0 Å². The molecule has 26 heavy (non-hydrogen) atoms. The van der Waals surface area contributed by atoms with Crippen LogP contribution < -0.4 is 4.90 Å². The number of para-hydroxylation sites is 1. The van der Waals surface area contributed by atoms with Gasteiger partial charge in [-0.05, 0) is 38.1 Å². The molecule has 4 nitrogen and oxygen atoms in total. The van der Waals surface area contributed by atoms with Crippen molar-refractivity contribution in [3.8, 4) is 0 Å². The molecule has 142 valence electrons. The summed E-state index contributed by atoms with van der Waals surface area (Å²) in [5.41, 5.74) is 0.951.